The van der Waals surface area contributed by atoms with Gasteiger partial charge in [-0.25, -0.2) is 9.97 Å². The number of pyridine rings is 1. The molecule has 1 aromatic carbocycles. The highest BCUT2D eigenvalue weighted by Gasteiger charge is 2.31. The van der Waals surface area contributed by atoms with Crippen molar-refractivity contribution >= 4 is 35.0 Å². The van der Waals surface area contributed by atoms with Crippen LogP contribution in [0.4, 0.5) is 0 Å². The van der Waals surface area contributed by atoms with Gasteiger partial charge in [-0.05, 0) is 43.9 Å². The molecule has 0 spiro atoms. The third-order valence-electron chi connectivity index (χ3n) is 7.36. The molecule has 13 heteroatoms. The number of carbonyl (C=O) groups is 4. The summed E-state index contributed by atoms with van der Waals surface area (Å²) in [4.78, 5) is 68.6. The van der Waals surface area contributed by atoms with Gasteiger partial charge >= 0.3 is 0 Å². The van der Waals surface area contributed by atoms with Crippen LogP contribution in [0, 0.1) is 12.8 Å². The van der Waals surface area contributed by atoms with Crippen LogP contribution in [0.5, 0.6) is 0 Å². The first-order valence-corrected chi connectivity index (χ1v) is 15.5. The van der Waals surface area contributed by atoms with E-state index in [4.69, 9.17) is 4.42 Å². The summed E-state index contributed by atoms with van der Waals surface area (Å²) >= 11 is 1.25. The zero-order chi connectivity index (χ0) is 32.1. The number of nitrogens with one attached hydrogen (secondary N) is 3. The molecule has 5 rings (SSSR count). The molecule has 0 unspecified atom stereocenters. The second-order valence-electron chi connectivity index (χ2n) is 11.3. The Morgan fingerprint density at radius 3 is 2.49 bits per heavy atom. The molecule has 45 heavy (non-hydrogen) atoms. The number of hydrogen-bond donors (Lipinski definition) is 3. The van der Waals surface area contributed by atoms with E-state index in [0.717, 1.165) is 5.56 Å². The van der Waals surface area contributed by atoms with Gasteiger partial charge in [0.05, 0.1) is 18.6 Å². The fourth-order valence-electron chi connectivity index (χ4n) is 5.04. The Bertz CT molecular complexity index is 1670. The normalized spacial score (nSPS) is 19.7. The van der Waals surface area contributed by atoms with Gasteiger partial charge in [0.2, 0.25) is 11.8 Å². The number of rotatable bonds is 4. The number of carbonyl (C=O) groups excluding carboxylic acids is 4. The first-order chi connectivity index (χ1) is 21.6. The Morgan fingerprint density at radius 2 is 1.78 bits per heavy atom. The predicted molar refractivity (Wildman–Crippen MR) is 166 cm³/mol. The van der Waals surface area contributed by atoms with Crippen molar-refractivity contribution in [2.24, 2.45) is 5.92 Å². The molecule has 3 aromatic heterocycles. The van der Waals surface area contributed by atoms with Crippen LogP contribution in [0.1, 0.15) is 86.5 Å². The SMILES string of the molecule is Cc1oc2nc1C(=O)N[C@H](C)c1nc(cs1)C(=O)N[C@H](Cc1ccccc1)CN(C(=O)c1ccccn1)CC(=O)N[C@H]2C(C)C. The van der Waals surface area contributed by atoms with Crippen molar-refractivity contribution in [3.05, 3.63) is 99.4 Å². The van der Waals surface area contributed by atoms with Crippen molar-refractivity contribution in [2.45, 2.75) is 52.2 Å². The van der Waals surface area contributed by atoms with Gasteiger partial charge in [0.1, 0.15) is 28.2 Å². The minimum atomic E-state index is -0.679. The minimum absolute atomic E-state index is 0.0154. The molecule has 0 saturated carbocycles. The Hall–Kier alpha value is -4.91. The molecule has 12 nitrogen and oxygen atoms in total. The van der Waals surface area contributed by atoms with Crippen LogP contribution in [-0.2, 0) is 11.2 Å². The van der Waals surface area contributed by atoms with Crippen molar-refractivity contribution < 1.29 is 23.6 Å². The third kappa shape index (κ3) is 7.60. The van der Waals surface area contributed by atoms with E-state index in [1.165, 1.54) is 22.4 Å². The van der Waals surface area contributed by atoms with Crippen LogP contribution >= 0.6 is 11.3 Å². The predicted octanol–water partition coefficient (Wildman–Crippen LogP) is 3.64. The number of benzene rings is 1. The van der Waals surface area contributed by atoms with Crippen molar-refractivity contribution in [3.8, 4) is 0 Å². The maximum Gasteiger partial charge on any atom is 0.274 e. The largest absolute Gasteiger partial charge is 0.443 e. The fraction of sp³-hybridized carbons (Fsp3) is 0.344. The van der Waals surface area contributed by atoms with Crippen LogP contribution in [0.2, 0.25) is 0 Å². The van der Waals surface area contributed by atoms with E-state index in [9.17, 15) is 19.2 Å². The molecule has 0 fully saturated rings. The van der Waals surface area contributed by atoms with E-state index in [0.29, 0.717) is 17.2 Å². The standard InChI is InChI=1S/C32H35N7O5S/c1-18(2)26-30-38-27(20(4)44-30)29(42)34-19(3)31-36-24(17-45-31)28(41)35-22(14-21-10-6-5-7-11-21)15-39(16-25(40)37-26)32(43)23-12-8-9-13-33-23/h5-13,17-19,22,26H,14-16H2,1-4H3,(H,34,42)(H,35,41)(H,37,40)/t19-,22-,26+/m1/s1. The lowest BCUT2D eigenvalue weighted by atomic mass is 10.0. The second-order valence-corrected chi connectivity index (χ2v) is 12.2. The van der Waals surface area contributed by atoms with Crippen LogP contribution in [0.3, 0.4) is 0 Å². The quantitative estimate of drug-likeness (QED) is 0.309. The maximum absolute atomic E-state index is 13.8. The average Bonchev–Trinajstić information content (AvgIpc) is 3.67. The van der Waals surface area contributed by atoms with Gasteiger partial charge in [-0.15, -0.1) is 11.3 Å². The van der Waals surface area contributed by atoms with Gasteiger partial charge in [-0.3, -0.25) is 24.2 Å². The summed E-state index contributed by atoms with van der Waals surface area (Å²) in [6.07, 6.45) is 1.89. The molecule has 4 heterocycles. The molecule has 4 aromatic rings. The topological polar surface area (TPSA) is 159 Å². The fourth-order valence-corrected chi connectivity index (χ4v) is 5.85. The molecule has 4 bridgehead atoms. The van der Waals surface area contributed by atoms with Crippen molar-refractivity contribution in [1.29, 1.82) is 0 Å². The lowest BCUT2D eigenvalue weighted by Crippen LogP contribution is -2.50. The van der Waals surface area contributed by atoms with Gasteiger partial charge < -0.3 is 25.3 Å². The molecular formula is C32H35N7O5S. The minimum Gasteiger partial charge on any atom is -0.443 e. The molecular weight excluding hydrogens is 594 g/mol. The lowest BCUT2D eigenvalue weighted by molar-refractivity contribution is -0.123. The van der Waals surface area contributed by atoms with Crippen molar-refractivity contribution in [3.63, 3.8) is 0 Å². The smallest absolute Gasteiger partial charge is 0.274 e. The number of thiazole rings is 1. The van der Waals surface area contributed by atoms with Gasteiger partial charge in [0.25, 0.3) is 17.7 Å². The number of aromatic nitrogens is 3. The van der Waals surface area contributed by atoms with E-state index in [2.05, 4.69) is 30.9 Å². The summed E-state index contributed by atoms with van der Waals surface area (Å²) in [5.41, 5.74) is 1.36. The molecule has 3 atom stereocenters. The first kappa shape index (κ1) is 31.5. The molecule has 4 amide bonds. The number of oxazole rings is 1. The number of nitrogens with zero attached hydrogens (tertiary/aromatic N) is 4. The van der Waals surface area contributed by atoms with E-state index in [1.807, 2.05) is 44.2 Å². The maximum atomic E-state index is 13.8. The number of aryl methyl sites for hydroxylation is 1. The van der Waals surface area contributed by atoms with Gasteiger partial charge in [0, 0.05) is 18.1 Å². The van der Waals surface area contributed by atoms with Crippen LogP contribution < -0.4 is 16.0 Å². The van der Waals surface area contributed by atoms with E-state index in [1.54, 1.807) is 37.4 Å². The zero-order valence-electron chi connectivity index (χ0n) is 25.4. The molecule has 3 N–H and O–H groups in total. The van der Waals surface area contributed by atoms with E-state index in [-0.39, 0.29) is 42.0 Å². The molecule has 0 radical (unpaired) electrons. The summed E-state index contributed by atoms with van der Waals surface area (Å²) in [7, 11) is 0. The summed E-state index contributed by atoms with van der Waals surface area (Å²) in [5, 5.41) is 11.0. The van der Waals surface area contributed by atoms with Gasteiger partial charge in [0.15, 0.2) is 5.69 Å². The van der Waals surface area contributed by atoms with Crippen LogP contribution in [-0.4, -0.2) is 62.6 Å². The Labute approximate surface area is 264 Å². The van der Waals surface area contributed by atoms with Crippen LogP contribution in [0.25, 0.3) is 0 Å². The van der Waals surface area contributed by atoms with E-state index >= 15 is 0 Å². The molecule has 234 valence electrons. The zero-order valence-corrected chi connectivity index (χ0v) is 26.3. The molecule has 1 aliphatic rings. The molecule has 0 aliphatic carbocycles. The average molecular weight is 630 g/mol. The van der Waals surface area contributed by atoms with Crippen molar-refractivity contribution in [2.75, 3.05) is 13.1 Å². The van der Waals surface area contributed by atoms with E-state index < -0.39 is 41.8 Å². The highest BCUT2D eigenvalue weighted by atomic mass is 32.1. The molecule has 1 aliphatic heterocycles. The number of hydrogen-bond acceptors (Lipinski definition) is 9. The van der Waals surface area contributed by atoms with Gasteiger partial charge in [-0.2, -0.15) is 0 Å². The highest BCUT2D eigenvalue weighted by molar-refractivity contribution is 7.09. The second kappa shape index (κ2) is 13.8. The Morgan fingerprint density at radius 1 is 1.02 bits per heavy atom. The van der Waals surface area contributed by atoms with Gasteiger partial charge in [-0.1, -0.05) is 50.2 Å². The third-order valence-corrected chi connectivity index (χ3v) is 8.38. The summed E-state index contributed by atoms with van der Waals surface area (Å²) in [6.45, 7) is 6.86. The number of fused-ring (bicyclic) bond motifs is 4. The summed E-state index contributed by atoms with van der Waals surface area (Å²) in [6, 6.07) is 12.7. The lowest BCUT2D eigenvalue weighted by Gasteiger charge is -2.29. The summed E-state index contributed by atoms with van der Waals surface area (Å²) < 4.78 is 5.88. The monoisotopic (exact) mass is 629 g/mol. The molecule has 0 saturated heterocycles. The first-order valence-electron chi connectivity index (χ1n) is 14.7. The van der Waals surface area contributed by atoms with Crippen molar-refractivity contribution in [1.82, 2.24) is 35.8 Å². The Balaban J connectivity index is 1.55. The van der Waals surface area contributed by atoms with Crippen LogP contribution in [0.15, 0.2) is 64.5 Å². The summed E-state index contributed by atoms with van der Waals surface area (Å²) in [5.74, 6) is -1.53. The highest BCUT2D eigenvalue weighted by Crippen LogP contribution is 2.25. The number of amides is 4. The Kier molecular flexibility index (Phi) is 9.67.